The molecule has 0 bridgehead atoms. The van der Waals surface area contributed by atoms with Gasteiger partial charge in [-0.1, -0.05) is 0 Å². The van der Waals surface area contributed by atoms with Gasteiger partial charge in [0.25, 0.3) is 5.91 Å². The summed E-state index contributed by atoms with van der Waals surface area (Å²) >= 11 is 1.27. The number of carbonyl (C=O) groups is 3. The van der Waals surface area contributed by atoms with Gasteiger partial charge < -0.3 is 19.3 Å². The number of carbonyl (C=O) groups excluding carboxylic acids is 3. The molecule has 2 aliphatic rings. The van der Waals surface area contributed by atoms with E-state index in [9.17, 15) is 14.4 Å². The summed E-state index contributed by atoms with van der Waals surface area (Å²) in [5.41, 5.74) is 0.542. The summed E-state index contributed by atoms with van der Waals surface area (Å²) in [6.45, 7) is 6.85. The summed E-state index contributed by atoms with van der Waals surface area (Å²) in [5, 5.41) is 0. The number of hydrogen-bond donors (Lipinski definition) is 0. The van der Waals surface area contributed by atoms with Crippen molar-refractivity contribution in [1.82, 2.24) is 14.8 Å². The predicted molar refractivity (Wildman–Crippen MR) is 93.8 cm³/mol. The second-order valence-corrected chi connectivity index (χ2v) is 8.71. The van der Waals surface area contributed by atoms with Gasteiger partial charge in [0.2, 0.25) is 0 Å². The molecular formula is C17H23N3O5S. The van der Waals surface area contributed by atoms with Gasteiger partial charge in [0.1, 0.15) is 10.5 Å². The van der Waals surface area contributed by atoms with Crippen molar-refractivity contribution in [2.24, 2.45) is 11.3 Å². The Labute approximate surface area is 156 Å². The third kappa shape index (κ3) is 3.40. The van der Waals surface area contributed by atoms with Gasteiger partial charge >= 0.3 is 12.1 Å². The molecule has 0 unspecified atom stereocenters. The number of likely N-dealkylation sites (tertiary alicyclic amines) is 2. The van der Waals surface area contributed by atoms with Crippen molar-refractivity contribution < 1.29 is 23.9 Å². The Morgan fingerprint density at radius 1 is 1.23 bits per heavy atom. The fraction of sp³-hybridized carbons (Fsp3) is 0.647. The number of nitrogens with zero attached hydrogens (tertiary/aromatic N) is 3. The highest BCUT2D eigenvalue weighted by atomic mass is 32.1. The predicted octanol–water partition coefficient (Wildman–Crippen LogP) is 1.63. The smallest absolute Gasteiger partial charge is 0.410 e. The Kier molecular flexibility index (Phi) is 4.68. The van der Waals surface area contributed by atoms with Gasteiger partial charge in [-0.15, -0.1) is 11.3 Å². The van der Waals surface area contributed by atoms with E-state index in [4.69, 9.17) is 9.47 Å². The number of thiazole rings is 1. The van der Waals surface area contributed by atoms with E-state index >= 15 is 0 Å². The Morgan fingerprint density at radius 3 is 2.42 bits per heavy atom. The standard InChI is InChI=1S/C17H23N3O5S/c1-16(2,3)25-15(23)20-8-17(9-20)7-19(6-11(17)14(22)24-4)13(21)12-5-18-10-26-12/h5,10-11H,6-9H2,1-4H3/t11-/m0/s1. The second-order valence-electron chi connectivity index (χ2n) is 7.83. The normalized spacial score (nSPS) is 21.5. The Bertz CT molecular complexity index is 706. The summed E-state index contributed by atoms with van der Waals surface area (Å²) < 4.78 is 10.3. The van der Waals surface area contributed by atoms with Gasteiger partial charge in [0.05, 0.1) is 24.7 Å². The molecule has 1 spiro atoms. The molecule has 8 nitrogen and oxygen atoms in total. The number of hydrogen-bond acceptors (Lipinski definition) is 7. The van der Waals surface area contributed by atoms with Crippen molar-refractivity contribution >= 4 is 29.3 Å². The van der Waals surface area contributed by atoms with E-state index < -0.39 is 23.0 Å². The van der Waals surface area contributed by atoms with Gasteiger partial charge in [-0.2, -0.15) is 0 Å². The molecule has 9 heteroatoms. The largest absolute Gasteiger partial charge is 0.469 e. The molecule has 2 aliphatic heterocycles. The minimum Gasteiger partial charge on any atom is -0.469 e. The zero-order valence-electron chi connectivity index (χ0n) is 15.4. The molecule has 142 valence electrons. The monoisotopic (exact) mass is 381 g/mol. The molecule has 2 amide bonds. The number of methoxy groups -OCH3 is 1. The fourth-order valence-corrected chi connectivity index (χ4v) is 4.14. The Balaban J connectivity index is 1.72. The molecule has 26 heavy (non-hydrogen) atoms. The van der Waals surface area contributed by atoms with E-state index in [1.807, 2.05) is 20.8 Å². The molecule has 0 N–H and O–H groups in total. The molecule has 2 saturated heterocycles. The Morgan fingerprint density at radius 2 is 1.88 bits per heavy atom. The van der Waals surface area contributed by atoms with E-state index in [1.165, 1.54) is 24.6 Å². The molecule has 0 radical (unpaired) electrons. The summed E-state index contributed by atoms with van der Waals surface area (Å²) in [7, 11) is 1.34. The van der Waals surface area contributed by atoms with Gasteiger partial charge in [0, 0.05) is 31.6 Å². The number of amides is 2. The van der Waals surface area contributed by atoms with Crippen LogP contribution in [0.5, 0.6) is 0 Å². The van der Waals surface area contributed by atoms with Crippen LogP contribution in [0.4, 0.5) is 4.79 Å². The number of esters is 1. The van der Waals surface area contributed by atoms with E-state index in [0.717, 1.165) is 0 Å². The number of rotatable bonds is 2. The molecule has 1 aromatic heterocycles. The number of ether oxygens (including phenoxy) is 2. The molecule has 0 aliphatic carbocycles. The highest BCUT2D eigenvalue weighted by molar-refractivity contribution is 7.11. The molecule has 0 aromatic carbocycles. The minimum atomic E-state index is -0.578. The van der Waals surface area contributed by atoms with E-state index in [2.05, 4.69) is 4.98 Å². The van der Waals surface area contributed by atoms with Crippen LogP contribution in [0.2, 0.25) is 0 Å². The average molecular weight is 381 g/mol. The van der Waals surface area contributed by atoms with Crippen molar-refractivity contribution in [3.63, 3.8) is 0 Å². The third-order valence-electron chi connectivity index (χ3n) is 4.73. The lowest BCUT2D eigenvalue weighted by Gasteiger charge is -2.49. The van der Waals surface area contributed by atoms with Crippen LogP contribution in [0, 0.1) is 11.3 Å². The van der Waals surface area contributed by atoms with E-state index in [-0.39, 0.29) is 18.4 Å². The van der Waals surface area contributed by atoms with Crippen LogP contribution in [0.15, 0.2) is 11.7 Å². The highest BCUT2D eigenvalue weighted by Gasteiger charge is 2.60. The molecule has 0 saturated carbocycles. The maximum absolute atomic E-state index is 12.6. The topological polar surface area (TPSA) is 89.0 Å². The van der Waals surface area contributed by atoms with Gasteiger partial charge in [-0.25, -0.2) is 4.79 Å². The summed E-state index contributed by atoms with van der Waals surface area (Å²) in [6.07, 6.45) is 1.12. The van der Waals surface area contributed by atoms with E-state index in [1.54, 1.807) is 15.3 Å². The highest BCUT2D eigenvalue weighted by Crippen LogP contribution is 2.45. The summed E-state index contributed by atoms with van der Waals surface area (Å²) in [4.78, 5) is 44.8. The first-order valence-electron chi connectivity index (χ1n) is 8.39. The third-order valence-corrected chi connectivity index (χ3v) is 5.49. The van der Waals surface area contributed by atoms with Crippen molar-refractivity contribution in [3.8, 4) is 0 Å². The van der Waals surface area contributed by atoms with Crippen molar-refractivity contribution in [2.45, 2.75) is 26.4 Å². The molecule has 3 heterocycles. The fourth-order valence-electron chi connectivity index (χ4n) is 3.56. The number of aromatic nitrogens is 1. The van der Waals surface area contributed by atoms with Crippen molar-refractivity contribution in [2.75, 3.05) is 33.3 Å². The summed E-state index contributed by atoms with van der Waals surface area (Å²) in [6, 6.07) is 0. The SMILES string of the molecule is COC(=O)[C@@H]1CN(C(=O)c2cncs2)CC12CN(C(=O)OC(C)(C)C)C2. The van der Waals surface area contributed by atoms with Crippen molar-refractivity contribution in [3.05, 3.63) is 16.6 Å². The first-order valence-corrected chi connectivity index (χ1v) is 9.27. The Hall–Kier alpha value is -2.16. The van der Waals surface area contributed by atoms with Crippen LogP contribution in [-0.2, 0) is 14.3 Å². The molecule has 3 rings (SSSR count). The lowest BCUT2D eigenvalue weighted by Crippen LogP contribution is -2.63. The minimum absolute atomic E-state index is 0.144. The van der Waals surface area contributed by atoms with Crippen LogP contribution in [0.3, 0.4) is 0 Å². The summed E-state index contributed by atoms with van der Waals surface area (Å²) in [5.74, 6) is -0.953. The first-order chi connectivity index (χ1) is 12.1. The van der Waals surface area contributed by atoms with Crippen LogP contribution < -0.4 is 0 Å². The second kappa shape index (κ2) is 6.53. The maximum atomic E-state index is 12.6. The lowest BCUT2D eigenvalue weighted by molar-refractivity contribution is -0.153. The maximum Gasteiger partial charge on any atom is 0.410 e. The zero-order chi connectivity index (χ0) is 19.1. The molecule has 1 aromatic rings. The average Bonchev–Trinajstić information content (AvgIpc) is 3.17. The van der Waals surface area contributed by atoms with Gasteiger partial charge in [0.15, 0.2) is 0 Å². The lowest BCUT2D eigenvalue weighted by atomic mass is 9.71. The van der Waals surface area contributed by atoms with E-state index in [0.29, 0.717) is 24.5 Å². The molecule has 2 fully saturated rings. The van der Waals surface area contributed by atoms with Crippen LogP contribution in [0.25, 0.3) is 0 Å². The molecular weight excluding hydrogens is 358 g/mol. The van der Waals surface area contributed by atoms with Crippen LogP contribution >= 0.6 is 11.3 Å². The first kappa shape index (κ1) is 18.6. The van der Waals surface area contributed by atoms with Crippen molar-refractivity contribution in [1.29, 1.82) is 0 Å². The quantitative estimate of drug-likeness (QED) is 0.724. The van der Waals surface area contributed by atoms with Crippen LogP contribution in [-0.4, -0.2) is 71.6 Å². The van der Waals surface area contributed by atoms with Crippen LogP contribution in [0.1, 0.15) is 30.4 Å². The molecule has 1 atom stereocenters. The van der Waals surface area contributed by atoms with Gasteiger partial charge in [-0.05, 0) is 20.8 Å². The zero-order valence-corrected chi connectivity index (χ0v) is 16.2. The van der Waals surface area contributed by atoms with Gasteiger partial charge in [-0.3, -0.25) is 14.6 Å².